The van der Waals surface area contributed by atoms with Gasteiger partial charge < -0.3 is 22.1 Å². The molecule has 9 heteroatoms. The zero-order chi connectivity index (χ0) is 23.6. The number of epoxide rings is 2. The summed E-state index contributed by atoms with van der Waals surface area (Å²) < 4.78 is 30.1. The van der Waals surface area contributed by atoms with E-state index in [4.69, 9.17) is 22.1 Å². The number of rotatable bonds is 10. The average molecular weight is 519 g/mol. The third-order valence-electron chi connectivity index (χ3n) is 7.40. The van der Waals surface area contributed by atoms with Crippen LogP contribution in [0.4, 0.5) is 0 Å². The molecule has 0 bridgehead atoms. The minimum Gasteiger partial charge on any atom is -0.437 e. The van der Waals surface area contributed by atoms with Crippen molar-refractivity contribution in [3.8, 4) is 0 Å². The Morgan fingerprint density at radius 3 is 1.78 bits per heavy atom. The highest BCUT2D eigenvalue weighted by Gasteiger charge is 2.49. The molecule has 0 spiro atoms. The van der Waals surface area contributed by atoms with Crippen LogP contribution in [0.3, 0.4) is 0 Å². The zero-order valence-corrected chi connectivity index (χ0v) is 27.1. The molecule has 0 N–H and O–H groups in total. The molecule has 0 aromatic rings. The lowest BCUT2D eigenvalue weighted by Crippen LogP contribution is -2.54. The molecule has 7 atom stereocenters. The molecule has 2 heterocycles. The quantitative estimate of drug-likeness (QED) is 0.302. The molecule has 2 aliphatic carbocycles. The Kier molecular flexibility index (Phi) is 9.50. The molecule has 2 saturated carbocycles. The summed E-state index contributed by atoms with van der Waals surface area (Å²) in [4.78, 5) is 0. The molecule has 0 radical (unpaired) electrons. The SMILES string of the molecule is CO[Si](C)(C)O[Si](C)(CCC1CCCC2OC12)O[Si](C)(C)C.[SiH3]CCC1CCCC2OC12. The van der Waals surface area contributed by atoms with Gasteiger partial charge in [0.25, 0.3) is 0 Å². The average Bonchev–Trinajstić information content (AvgIpc) is 3.58. The van der Waals surface area contributed by atoms with E-state index in [1.165, 1.54) is 67.7 Å². The Morgan fingerprint density at radius 1 is 0.781 bits per heavy atom. The first-order chi connectivity index (χ1) is 15.0. The van der Waals surface area contributed by atoms with Gasteiger partial charge in [-0.15, -0.1) is 0 Å². The van der Waals surface area contributed by atoms with E-state index < -0.39 is 25.4 Å². The van der Waals surface area contributed by atoms with Crippen molar-refractivity contribution < 1.29 is 22.1 Å². The summed E-state index contributed by atoms with van der Waals surface area (Å²) >= 11 is 0. The highest BCUT2D eigenvalue weighted by Crippen LogP contribution is 2.44. The van der Waals surface area contributed by atoms with Crippen LogP contribution in [0.2, 0.25) is 51.4 Å². The number of fused-ring (bicyclic) bond motifs is 2. The number of ether oxygens (including phenoxy) is 2. The molecule has 4 rings (SSSR count). The standard InChI is InChI=1S/C15H34O4Si3.C8H16OSi/c1-16-21(5,6)19-22(7,18-20(2,3)4)12-11-13-9-8-10-14-15(13)17-14;10-5-4-6-2-1-3-7-8(6)9-7/h13-15H,8-12H2,1-7H3;6-8H,1-5H2,10H3. The van der Waals surface area contributed by atoms with Crippen LogP contribution in [0, 0.1) is 11.8 Å². The summed E-state index contributed by atoms with van der Waals surface area (Å²) in [5, 5.41) is 0. The fourth-order valence-corrected chi connectivity index (χ4v) is 18.5. The Hall–Kier alpha value is 0.668. The van der Waals surface area contributed by atoms with Crippen molar-refractivity contribution in [1.29, 1.82) is 0 Å². The second kappa shape index (κ2) is 11.2. The molecule has 0 aromatic carbocycles. The first-order valence-electron chi connectivity index (χ1n) is 13.2. The van der Waals surface area contributed by atoms with Gasteiger partial charge in [0.2, 0.25) is 0 Å². The third kappa shape index (κ3) is 8.41. The van der Waals surface area contributed by atoms with Crippen molar-refractivity contribution >= 4 is 35.7 Å². The lowest BCUT2D eigenvalue weighted by atomic mass is 9.87. The van der Waals surface area contributed by atoms with Crippen molar-refractivity contribution in [2.45, 2.75) is 127 Å². The van der Waals surface area contributed by atoms with E-state index in [1.807, 2.05) is 0 Å². The predicted octanol–water partition coefficient (Wildman–Crippen LogP) is 4.96. The number of hydrogen-bond acceptors (Lipinski definition) is 5. The summed E-state index contributed by atoms with van der Waals surface area (Å²) in [5.74, 6) is 1.67. The molecule has 7 unspecified atom stereocenters. The summed E-state index contributed by atoms with van der Waals surface area (Å²) in [6, 6.07) is 2.53. The molecular weight excluding hydrogens is 469 g/mol. The Balaban J connectivity index is 0.000000238. The normalized spacial score (nSPS) is 35.7. The van der Waals surface area contributed by atoms with Gasteiger partial charge in [-0.1, -0.05) is 25.3 Å². The topological polar surface area (TPSA) is 52.8 Å². The zero-order valence-electron chi connectivity index (χ0n) is 22.1. The van der Waals surface area contributed by atoms with Crippen molar-refractivity contribution in [3.63, 3.8) is 0 Å². The van der Waals surface area contributed by atoms with Gasteiger partial charge >= 0.3 is 17.1 Å². The van der Waals surface area contributed by atoms with E-state index in [-0.39, 0.29) is 0 Å². The second-order valence-corrected chi connectivity index (χ2v) is 24.9. The van der Waals surface area contributed by atoms with E-state index in [9.17, 15) is 0 Å². The summed E-state index contributed by atoms with van der Waals surface area (Å²) in [7, 11) is -2.76. The van der Waals surface area contributed by atoms with Crippen molar-refractivity contribution in [1.82, 2.24) is 0 Å². The molecule has 32 heavy (non-hydrogen) atoms. The largest absolute Gasteiger partial charge is 0.437 e. The first kappa shape index (κ1) is 27.3. The van der Waals surface area contributed by atoms with Crippen molar-refractivity contribution in [3.05, 3.63) is 0 Å². The van der Waals surface area contributed by atoms with Gasteiger partial charge in [-0.3, -0.25) is 0 Å². The highest BCUT2D eigenvalue weighted by molar-refractivity contribution is 6.86. The van der Waals surface area contributed by atoms with E-state index >= 15 is 0 Å². The molecule has 4 aliphatic rings. The first-order valence-corrected chi connectivity index (χ1v) is 23.4. The van der Waals surface area contributed by atoms with Crippen LogP contribution in [0.5, 0.6) is 0 Å². The molecule has 5 nitrogen and oxygen atoms in total. The molecule has 2 aliphatic heterocycles. The van der Waals surface area contributed by atoms with E-state index in [0.29, 0.717) is 30.3 Å². The maximum atomic E-state index is 6.57. The second-order valence-electron chi connectivity index (χ2n) is 12.0. The van der Waals surface area contributed by atoms with Crippen LogP contribution in [-0.4, -0.2) is 67.2 Å². The van der Waals surface area contributed by atoms with E-state index in [0.717, 1.165) is 12.0 Å². The van der Waals surface area contributed by atoms with Gasteiger partial charge in [-0.2, -0.15) is 0 Å². The van der Waals surface area contributed by atoms with E-state index in [2.05, 4.69) is 39.3 Å². The van der Waals surface area contributed by atoms with Gasteiger partial charge in [0.15, 0.2) is 8.32 Å². The fraction of sp³-hybridized carbons (Fsp3) is 1.00. The Morgan fingerprint density at radius 2 is 1.31 bits per heavy atom. The lowest BCUT2D eigenvalue weighted by molar-refractivity contribution is 0.267. The molecule has 2 saturated heterocycles. The van der Waals surface area contributed by atoms with Gasteiger partial charge in [-0.05, 0) is 89.3 Å². The minimum absolute atomic E-state index is 0.534. The molecule has 4 fully saturated rings. The van der Waals surface area contributed by atoms with Crippen LogP contribution in [-0.2, 0) is 22.1 Å². The number of hydrogen-bond donors (Lipinski definition) is 0. The van der Waals surface area contributed by atoms with Gasteiger partial charge in [0.05, 0.1) is 24.4 Å². The summed E-state index contributed by atoms with van der Waals surface area (Å²) in [6.07, 6.45) is 13.3. The van der Waals surface area contributed by atoms with Gasteiger partial charge in [0, 0.05) is 17.4 Å². The van der Waals surface area contributed by atoms with Crippen molar-refractivity contribution in [2.75, 3.05) is 7.11 Å². The van der Waals surface area contributed by atoms with Crippen LogP contribution in [0.1, 0.15) is 51.4 Å². The maximum Gasteiger partial charge on any atom is 0.322 e. The van der Waals surface area contributed by atoms with Crippen LogP contribution in [0.15, 0.2) is 0 Å². The molecule has 0 amide bonds. The summed E-state index contributed by atoms with van der Waals surface area (Å²) in [6.45, 7) is 13.2. The summed E-state index contributed by atoms with van der Waals surface area (Å²) in [5.41, 5.74) is 0. The third-order valence-corrected chi connectivity index (χ3v) is 18.0. The highest BCUT2D eigenvalue weighted by atomic mass is 28.5. The van der Waals surface area contributed by atoms with Crippen molar-refractivity contribution in [2.24, 2.45) is 11.8 Å². The molecular formula is C23H50O5Si4. The van der Waals surface area contributed by atoms with Gasteiger partial charge in [0.1, 0.15) is 0 Å². The maximum absolute atomic E-state index is 6.57. The smallest absolute Gasteiger partial charge is 0.322 e. The predicted molar refractivity (Wildman–Crippen MR) is 142 cm³/mol. The van der Waals surface area contributed by atoms with E-state index in [1.54, 1.807) is 7.11 Å². The monoisotopic (exact) mass is 518 g/mol. The molecule has 0 aromatic heterocycles. The van der Waals surface area contributed by atoms with Crippen LogP contribution in [0.25, 0.3) is 0 Å². The minimum atomic E-state index is -2.19. The molecule has 188 valence electrons. The lowest BCUT2D eigenvalue weighted by Gasteiger charge is -2.39. The van der Waals surface area contributed by atoms with Crippen LogP contribution >= 0.6 is 0 Å². The van der Waals surface area contributed by atoms with Gasteiger partial charge in [-0.25, -0.2) is 0 Å². The Labute approximate surface area is 203 Å². The van der Waals surface area contributed by atoms with Crippen LogP contribution < -0.4 is 0 Å². The Bertz CT molecular complexity index is 599. The fourth-order valence-electron chi connectivity index (χ4n) is 5.87.